The van der Waals surface area contributed by atoms with Gasteiger partial charge in [-0.15, -0.1) is 0 Å². The van der Waals surface area contributed by atoms with Crippen LogP contribution in [0, 0.1) is 0 Å². The third-order valence-electron chi connectivity index (χ3n) is 3.80. The van der Waals surface area contributed by atoms with Gasteiger partial charge in [0.05, 0.1) is 5.75 Å². The third kappa shape index (κ3) is 5.85. The fourth-order valence-corrected chi connectivity index (χ4v) is 2.63. The van der Waals surface area contributed by atoms with Gasteiger partial charge in [0.1, 0.15) is 9.84 Å². The van der Waals surface area contributed by atoms with E-state index in [1.807, 2.05) is 38.1 Å². The van der Waals surface area contributed by atoms with Gasteiger partial charge in [0.15, 0.2) is 0 Å². The third-order valence-corrected chi connectivity index (χ3v) is 5.00. The summed E-state index contributed by atoms with van der Waals surface area (Å²) in [6, 6.07) is 7.22. The van der Waals surface area contributed by atoms with Crippen molar-refractivity contribution in [3.8, 4) is 0 Å². The molecule has 0 bridgehead atoms. The summed E-state index contributed by atoms with van der Waals surface area (Å²) < 4.78 is 22.1. The van der Waals surface area contributed by atoms with Crippen LogP contribution in [0.2, 0.25) is 5.02 Å². The topological polar surface area (TPSA) is 66.5 Å². The van der Waals surface area contributed by atoms with Gasteiger partial charge < -0.3 is 10.2 Å². The van der Waals surface area contributed by atoms with Crippen LogP contribution in [0.15, 0.2) is 24.3 Å². The molecule has 0 aliphatic rings. The number of urea groups is 1. The van der Waals surface area contributed by atoms with Gasteiger partial charge in [-0.3, -0.25) is 0 Å². The molecule has 1 aromatic carbocycles. The Morgan fingerprint density at radius 1 is 1.27 bits per heavy atom. The lowest BCUT2D eigenvalue weighted by molar-refractivity contribution is 0.188. The molecule has 0 fully saturated rings. The lowest BCUT2D eigenvalue weighted by Crippen LogP contribution is -2.45. The van der Waals surface area contributed by atoms with Crippen LogP contribution in [0.25, 0.3) is 0 Å². The average molecular weight is 347 g/mol. The molecule has 7 heteroatoms. The van der Waals surface area contributed by atoms with Crippen LogP contribution in [0.5, 0.6) is 0 Å². The summed E-state index contributed by atoms with van der Waals surface area (Å²) in [7, 11) is -1.37. The van der Waals surface area contributed by atoms with Gasteiger partial charge in [0.2, 0.25) is 0 Å². The van der Waals surface area contributed by atoms with E-state index in [1.54, 1.807) is 11.9 Å². The number of carbonyl (C=O) groups excluding carboxylic acids is 1. The Morgan fingerprint density at radius 3 is 2.32 bits per heavy atom. The molecule has 0 aliphatic heterocycles. The summed E-state index contributed by atoms with van der Waals surface area (Å²) in [6.07, 6.45) is 1.15. The van der Waals surface area contributed by atoms with Crippen molar-refractivity contribution >= 4 is 27.5 Å². The van der Waals surface area contributed by atoms with E-state index in [0.717, 1.165) is 11.8 Å². The lowest BCUT2D eigenvalue weighted by Gasteiger charge is -2.30. The Kier molecular flexibility index (Phi) is 6.68. The van der Waals surface area contributed by atoms with Crippen molar-refractivity contribution in [2.75, 3.05) is 25.6 Å². The maximum Gasteiger partial charge on any atom is 0.317 e. The zero-order valence-electron chi connectivity index (χ0n) is 13.3. The number of halogens is 1. The van der Waals surface area contributed by atoms with Crippen LogP contribution in [0.1, 0.15) is 25.3 Å². The van der Waals surface area contributed by atoms with Gasteiger partial charge in [0, 0.05) is 36.8 Å². The molecule has 1 rings (SSSR count). The fraction of sp³-hybridized carbons (Fsp3) is 0.533. The number of nitrogens with one attached hydrogen (secondary N) is 1. The summed E-state index contributed by atoms with van der Waals surface area (Å²) in [5.41, 5.74) is 1.09. The maximum absolute atomic E-state index is 12.1. The second-order valence-electron chi connectivity index (χ2n) is 5.55. The summed E-state index contributed by atoms with van der Waals surface area (Å²) in [5.74, 6) is 0.0659. The molecule has 0 unspecified atom stereocenters. The van der Waals surface area contributed by atoms with E-state index < -0.39 is 9.84 Å². The predicted molar refractivity (Wildman–Crippen MR) is 90.2 cm³/mol. The molecule has 0 spiro atoms. The molecule has 1 aromatic rings. The molecule has 1 N–H and O–H groups in total. The summed E-state index contributed by atoms with van der Waals surface area (Å²) in [4.78, 5) is 13.6. The number of likely N-dealkylation sites (N-methyl/N-ethyl adjacent to an activating group) is 1. The molecule has 0 saturated carbocycles. The van der Waals surface area contributed by atoms with Crippen molar-refractivity contribution in [2.24, 2.45) is 0 Å². The van der Waals surface area contributed by atoms with Crippen molar-refractivity contribution in [2.45, 2.75) is 25.8 Å². The Bertz CT molecular complexity index is 602. The van der Waals surface area contributed by atoms with Crippen LogP contribution in [-0.2, 0) is 9.84 Å². The van der Waals surface area contributed by atoms with Crippen LogP contribution in [0.4, 0.5) is 4.79 Å². The fourth-order valence-electron chi connectivity index (χ4n) is 2.03. The summed E-state index contributed by atoms with van der Waals surface area (Å²) in [5, 5.41) is 3.30. The number of nitrogens with zero attached hydrogens (tertiary/aromatic N) is 1. The van der Waals surface area contributed by atoms with E-state index in [4.69, 9.17) is 11.6 Å². The van der Waals surface area contributed by atoms with Crippen LogP contribution < -0.4 is 5.32 Å². The molecule has 0 aromatic heterocycles. The monoisotopic (exact) mass is 346 g/mol. The minimum Gasteiger partial charge on any atom is -0.337 e. The number of hydrogen-bond donors (Lipinski definition) is 1. The standard InChI is InChI=1S/C15H23ClN2O3S/c1-11(13-5-7-14(16)8-6-13)12(2)18(3)15(19)17-9-10-22(4,20)21/h5-8,11-12H,9-10H2,1-4H3,(H,17,19)/t11-,12+/m0/s1. The van der Waals surface area contributed by atoms with Crippen molar-refractivity contribution in [1.82, 2.24) is 10.2 Å². The highest BCUT2D eigenvalue weighted by molar-refractivity contribution is 7.90. The van der Waals surface area contributed by atoms with Crippen LogP contribution in [0.3, 0.4) is 0 Å². The van der Waals surface area contributed by atoms with Crippen LogP contribution in [-0.4, -0.2) is 51.0 Å². The Hall–Kier alpha value is -1.27. The minimum atomic E-state index is -3.07. The van der Waals surface area contributed by atoms with Crippen LogP contribution >= 0.6 is 11.6 Å². The van der Waals surface area contributed by atoms with Gasteiger partial charge in [-0.1, -0.05) is 30.7 Å². The lowest BCUT2D eigenvalue weighted by atomic mass is 9.94. The Labute approximate surface area is 137 Å². The van der Waals surface area contributed by atoms with Crippen molar-refractivity contribution in [3.05, 3.63) is 34.9 Å². The highest BCUT2D eigenvalue weighted by Crippen LogP contribution is 2.23. The molecule has 0 heterocycles. The second kappa shape index (κ2) is 7.83. The van der Waals surface area contributed by atoms with Crippen molar-refractivity contribution < 1.29 is 13.2 Å². The molecule has 5 nitrogen and oxygen atoms in total. The molecule has 22 heavy (non-hydrogen) atoms. The van der Waals surface area contributed by atoms with Gasteiger partial charge in [-0.05, 0) is 24.6 Å². The van der Waals surface area contributed by atoms with E-state index in [2.05, 4.69) is 5.32 Å². The summed E-state index contributed by atoms with van der Waals surface area (Å²) in [6.45, 7) is 4.10. The van der Waals surface area contributed by atoms with E-state index in [1.165, 1.54) is 0 Å². The number of benzene rings is 1. The number of amides is 2. The molecular formula is C15H23ClN2O3S. The molecule has 0 saturated heterocycles. The molecular weight excluding hydrogens is 324 g/mol. The number of carbonyl (C=O) groups is 1. The highest BCUT2D eigenvalue weighted by atomic mass is 35.5. The Balaban J connectivity index is 2.61. The zero-order valence-corrected chi connectivity index (χ0v) is 14.9. The number of sulfone groups is 1. The van der Waals surface area contributed by atoms with E-state index >= 15 is 0 Å². The SMILES string of the molecule is C[C@H](c1ccc(Cl)cc1)[C@@H](C)N(C)C(=O)NCCS(C)(=O)=O. The summed E-state index contributed by atoms with van der Waals surface area (Å²) >= 11 is 5.88. The number of rotatable bonds is 6. The first-order valence-electron chi connectivity index (χ1n) is 7.05. The first-order chi connectivity index (χ1) is 10.1. The van der Waals surface area contributed by atoms with Gasteiger partial charge in [-0.25, -0.2) is 13.2 Å². The largest absolute Gasteiger partial charge is 0.337 e. The van der Waals surface area contributed by atoms with Gasteiger partial charge >= 0.3 is 6.03 Å². The zero-order chi connectivity index (χ0) is 16.9. The maximum atomic E-state index is 12.1. The van der Waals surface area contributed by atoms with E-state index in [0.29, 0.717) is 5.02 Å². The van der Waals surface area contributed by atoms with E-state index in [-0.39, 0.29) is 30.3 Å². The normalized spacial score (nSPS) is 14.2. The van der Waals surface area contributed by atoms with Crippen molar-refractivity contribution in [3.63, 3.8) is 0 Å². The molecule has 2 atom stereocenters. The first kappa shape index (κ1) is 18.8. The Morgan fingerprint density at radius 2 is 1.82 bits per heavy atom. The molecule has 0 aliphatic carbocycles. The average Bonchev–Trinajstić information content (AvgIpc) is 2.44. The van der Waals surface area contributed by atoms with Gasteiger partial charge in [-0.2, -0.15) is 0 Å². The van der Waals surface area contributed by atoms with E-state index in [9.17, 15) is 13.2 Å². The smallest absolute Gasteiger partial charge is 0.317 e. The number of hydrogen-bond acceptors (Lipinski definition) is 3. The van der Waals surface area contributed by atoms with Gasteiger partial charge in [0.25, 0.3) is 0 Å². The first-order valence-corrected chi connectivity index (χ1v) is 9.49. The van der Waals surface area contributed by atoms with Crippen molar-refractivity contribution in [1.29, 1.82) is 0 Å². The molecule has 2 amide bonds. The quantitative estimate of drug-likeness (QED) is 0.860. The highest BCUT2D eigenvalue weighted by Gasteiger charge is 2.22. The predicted octanol–water partition coefficient (Wildman–Crippen LogP) is 2.52. The second-order valence-corrected chi connectivity index (χ2v) is 8.25. The minimum absolute atomic E-state index is 0.0422. The molecule has 124 valence electrons. The molecule has 0 radical (unpaired) electrons.